The number of carbonyl (C=O) groups excluding carboxylic acids is 1. The van der Waals surface area contributed by atoms with E-state index in [-0.39, 0.29) is 12.2 Å². The second kappa shape index (κ2) is 8.22. The molecule has 0 fully saturated rings. The van der Waals surface area contributed by atoms with Gasteiger partial charge in [0.05, 0.1) is 5.92 Å². The number of hydrogen-bond donors (Lipinski definition) is 1. The van der Waals surface area contributed by atoms with E-state index in [2.05, 4.69) is 0 Å². The maximum atomic E-state index is 12.9. The molecule has 0 aliphatic heterocycles. The third-order valence-corrected chi connectivity index (χ3v) is 3.81. The number of halogens is 1. The number of carboxylic acids is 1. The van der Waals surface area contributed by atoms with Crippen LogP contribution >= 0.6 is 0 Å². The molecule has 3 nitrogen and oxygen atoms in total. The number of hydrogen-bond acceptors (Lipinski definition) is 2. The van der Waals surface area contributed by atoms with Crippen molar-refractivity contribution in [2.24, 2.45) is 5.92 Å². The molecule has 0 spiro atoms. The number of carboxylic acid groups (broad SMARTS) is 1. The average molecular weight is 314 g/mol. The SMILES string of the molecule is O=C(CC(CCCc1ccccc1)C(=O)O)c1ccc(F)cc1. The molecule has 0 saturated carbocycles. The Bertz CT molecular complexity index is 650. The first-order valence-electron chi connectivity index (χ1n) is 7.62. The van der Waals surface area contributed by atoms with Crippen molar-refractivity contribution in [2.45, 2.75) is 25.7 Å². The first-order chi connectivity index (χ1) is 11.1. The van der Waals surface area contributed by atoms with Gasteiger partial charge in [-0.15, -0.1) is 0 Å². The maximum Gasteiger partial charge on any atom is 0.306 e. The molecule has 2 aromatic rings. The molecule has 120 valence electrons. The van der Waals surface area contributed by atoms with Gasteiger partial charge < -0.3 is 5.11 Å². The normalized spacial score (nSPS) is 11.9. The van der Waals surface area contributed by atoms with Crippen LogP contribution in [0.4, 0.5) is 4.39 Å². The number of Topliss-reactive ketones (excluding diaryl/α,β-unsaturated/α-hetero) is 1. The van der Waals surface area contributed by atoms with Gasteiger partial charge in [0.2, 0.25) is 0 Å². The van der Waals surface area contributed by atoms with Crippen molar-refractivity contribution >= 4 is 11.8 Å². The minimum Gasteiger partial charge on any atom is -0.481 e. The fourth-order valence-corrected chi connectivity index (χ4v) is 2.49. The van der Waals surface area contributed by atoms with E-state index in [0.717, 1.165) is 12.0 Å². The monoisotopic (exact) mass is 314 g/mol. The van der Waals surface area contributed by atoms with Crippen LogP contribution < -0.4 is 0 Å². The fourth-order valence-electron chi connectivity index (χ4n) is 2.49. The van der Waals surface area contributed by atoms with E-state index in [1.165, 1.54) is 24.3 Å². The Kier molecular flexibility index (Phi) is 6.03. The molecule has 0 bridgehead atoms. The van der Waals surface area contributed by atoms with Gasteiger partial charge in [-0.2, -0.15) is 0 Å². The fraction of sp³-hybridized carbons (Fsp3) is 0.263. The van der Waals surface area contributed by atoms with Gasteiger partial charge in [-0.3, -0.25) is 9.59 Å². The minimum absolute atomic E-state index is 0.0598. The van der Waals surface area contributed by atoms with Crippen molar-refractivity contribution in [3.8, 4) is 0 Å². The molecule has 0 saturated heterocycles. The lowest BCUT2D eigenvalue weighted by molar-refractivity contribution is -0.141. The van der Waals surface area contributed by atoms with E-state index in [4.69, 9.17) is 0 Å². The van der Waals surface area contributed by atoms with Crippen molar-refractivity contribution in [2.75, 3.05) is 0 Å². The Balaban J connectivity index is 1.89. The van der Waals surface area contributed by atoms with E-state index in [0.29, 0.717) is 18.4 Å². The van der Waals surface area contributed by atoms with E-state index in [9.17, 15) is 19.1 Å². The highest BCUT2D eigenvalue weighted by atomic mass is 19.1. The number of carbonyl (C=O) groups is 2. The lowest BCUT2D eigenvalue weighted by atomic mass is 9.92. The molecule has 1 N–H and O–H groups in total. The van der Waals surface area contributed by atoms with Gasteiger partial charge in [0, 0.05) is 12.0 Å². The number of benzene rings is 2. The van der Waals surface area contributed by atoms with Crippen LogP contribution in [0.25, 0.3) is 0 Å². The van der Waals surface area contributed by atoms with E-state index in [1.807, 2.05) is 30.3 Å². The number of aryl methyl sites for hydroxylation is 1. The van der Waals surface area contributed by atoms with Gasteiger partial charge in [0.1, 0.15) is 5.82 Å². The quantitative estimate of drug-likeness (QED) is 0.746. The molecule has 0 radical (unpaired) electrons. The van der Waals surface area contributed by atoms with Crippen LogP contribution in [0.15, 0.2) is 54.6 Å². The second-order valence-corrected chi connectivity index (χ2v) is 5.55. The third-order valence-electron chi connectivity index (χ3n) is 3.81. The van der Waals surface area contributed by atoms with Crippen molar-refractivity contribution in [3.05, 3.63) is 71.5 Å². The predicted octanol–water partition coefficient (Wildman–Crippen LogP) is 4.12. The van der Waals surface area contributed by atoms with Crippen molar-refractivity contribution in [1.82, 2.24) is 0 Å². The molecular formula is C19H19FO3. The summed E-state index contributed by atoms with van der Waals surface area (Å²) in [6.45, 7) is 0. The first-order valence-corrected chi connectivity index (χ1v) is 7.62. The molecule has 0 heterocycles. The summed E-state index contributed by atoms with van der Waals surface area (Å²) < 4.78 is 12.9. The highest BCUT2D eigenvalue weighted by Gasteiger charge is 2.21. The van der Waals surface area contributed by atoms with Crippen molar-refractivity contribution in [3.63, 3.8) is 0 Å². The van der Waals surface area contributed by atoms with E-state index < -0.39 is 17.7 Å². The average Bonchev–Trinajstić information content (AvgIpc) is 2.55. The Labute approximate surface area is 134 Å². The summed E-state index contributed by atoms with van der Waals surface area (Å²) >= 11 is 0. The number of ketones is 1. The highest BCUT2D eigenvalue weighted by molar-refractivity contribution is 5.97. The largest absolute Gasteiger partial charge is 0.481 e. The third kappa shape index (κ3) is 5.33. The van der Waals surface area contributed by atoms with Gasteiger partial charge in [-0.25, -0.2) is 4.39 Å². The van der Waals surface area contributed by atoms with Crippen LogP contribution in [0, 0.1) is 11.7 Å². The molecule has 0 aliphatic carbocycles. The summed E-state index contributed by atoms with van der Waals surface area (Å²) in [6, 6.07) is 15.0. The van der Waals surface area contributed by atoms with Crippen LogP contribution in [0.3, 0.4) is 0 Å². The molecule has 23 heavy (non-hydrogen) atoms. The Hall–Kier alpha value is -2.49. The molecule has 0 aliphatic rings. The standard InChI is InChI=1S/C19H19FO3/c20-17-11-9-15(10-12-17)18(21)13-16(19(22)23)8-4-7-14-5-2-1-3-6-14/h1-3,5-6,9-12,16H,4,7-8,13H2,(H,22,23). The van der Waals surface area contributed by atoms with Crippen LogP contribution in [-0.2, 0) is 11.2 Å². The number of aliphatic carboxylic acids is 1. The van der Waals surface area contributed by atoms with Crippen molar-refractivity contribution in [1.29, 1.82) is 0 Å². The van der Waals surface area contributed by atoms with Gasteiger partial charge in [-0.1, -0.05) is 30.3 Å². The second-order valence-electron chi connectivity index (χ2n) is 5.55. The van der Waals surface area contributed by atoms with Gasteiger partial charge >= 0.3 is 5.97 Å². The Morgan fingerprint density at radius 1 is 1.00 bits per heavy atom. The topological polar surface area (TPSA) is 54.4 Å². The number of rotatable bonds is 8. The lowest BCUT2D eigenvalue weighted by Gasteiger charge is -2.11. The maximum absolute atomic E-state index is 12.9. The Morgan fingerprint density at radius 3 is 2.26 bits per heavy atom. The highest BCUT2D eigenvalue weighted by Crippen LogP contribution is 2.18. The summed E-state index contributed by atoms with van der Waals surface area (Å²) in [4.78, 5) is 23.5. The molecule has 4 heteroatoms. The zero-order valence-corrected chi connectivity index (χ0v) is 12.7. The van der Waals surface area contributed by atoms with Crippen molar-refractivity contribution < 1.29 is 19.1 Å². The van der Waals surface area contributed by atoms with Gasteiger partial charge in [0.15, 0.2) is 5.78 Å². The molecule has 0 aromatic heterocycles. The predicted molar refractivity (Wildman–Crippen MR) is 85.9 cm³/mol. The van der Waals surface area contributed by atoms with E-state index in [1.54, 1.807) is 0 Å². The van der Waals surface area contributed by atoms with E-state index >= 15 is 0 Å². The van der Waals surface area contributed by atoms with Crippen LogP contribution in [0.1, 0.15) is 35.2 Å². The molecule has 1 unspecified atom stereocenters. The molecule has 2 rings (SSSR count). The summed E-state index contributed by atoms with van der Waals surface area (Å²) in [5.41, 5.74) is 1.50. The molecule has 2 aromatic carbocycles. The molecule has 1 atom stereocenters. The summed E-state index contributed by atoms with van der Waals surface area (Å²) in [6.07, 6.45) is 1.87. The molecule has 0 amide bonds. The summed E-state index contributed by atoms with van der Waals surface area (Å²) in [7, 11) is 0. The zero-order chi connectivity index (χ0) is 16.7. The zero-order valence-electron chi connectivity index (χ0n) is 12.7. The van der Waals surface area contributed by atoms with Crippen LogP contribution in [-0.4, -0.2) is 16.9 Å². The van der Waals surface area contributed by atoms with Crippen LogP contribution in [0.2, 0.25) is 0 Å². The van der Waals surface area contributed by atoms with Crippen LogP contribution in [0.5, 0.6) is 0 Å². The summed E-state index contributed by atoms with van der Waals surface area (Å²) in [5, 5.41) is 9.30. The first kappa shape index (κ1) is 16.9. The molecular weight excluding hydrogens is 295 g/mol. The van der Waals surface area contributed by atoms with Gasteiger partial charge in [-0.05, 0) is 49.1 Å². The van der Waals surface area contributed by atoms with Gasteiger partial charge in [0.25, 0.3) is 0 Å². The minimum atomic E-state index is -0.964. The Morgan fingerprint density at radius 2 is 1.65 bits per heavy atom. The smallest absolute Gasteiger partial charge is 0.306 e. The summed E-state index contributed by atoms with van der Waals surface area (Å²) in [5.74, 6) is -2.36. The lowest BCUT2D eigenvalue weighted by Crippen LogP contribution is -2.18.